The third-order valence-electron chi connectivity index (χ3n) is 6.18. The highest BCUT2D eigenvalue weighted by molar-refractivity contribution is 5.93. The summed E-state index contributed by atoms with van der Waals surface area (Å²) in [5, 5.41) is 19.5. The Labute approximate surface area is 190 Å². The number of halogens is 4. The molecule has 2 aliphatic carbocycles. The molecular formula is C26H8F4N4. The van der Waals surface area contributed by atoms with Crippen LogP contribution in [0.4, 0.5) is 17.6 Å². The van der Waals surface area contributed by atoms with E-state index in [2.05, 4.69) is 9.69 Å². The summed E-state index contributed by atoms with van der Waals surface area (Å²) in [6.45, 7) is 15.0. The summed E-state index contributed by atoms with van der Waals surface area (Å²) in [5.41, 5.74) is 0.267. The van der Waals surface area contributed by atoms with Gasteiger partial charge in [0.2, 0.25) is 0 Å². The molecule has 5 rings (SSSR count). The molecule has 2 aliphatic rings. The van der Waals surface area contributed by atoms with Gasteiger partial charge in [0, 0.05) is 41.3 Å². The first-order valence-corrected chi connectivity index (χ1v) is 9.82. The third kappa shape index (κ3) is 2.67. The average molecular weight is 452 g/mol. The van der Waals surface area contributed by atoms with Gasteiger partial charge in [0.25, 0.3) is 11.4 Å². The minimum Gasteiger partial charge on any atom is -0.226 e. The first-order chi connectivity index (χ1) is 16.3. The van der Waals surface area contributed by atoms with E-state index in [1.54, 1.807) is 12.1 Å². The van der Waals surface area contributed by atoms with Crippen LogP contribution >= 0.6 is 0 Å². The number of benzene rings is 3. The first-order valence-electron chi connectivity index (χ1n) is 9.82. The van der Waals surface area contributed by atoms with Crippen LogP contribution in [0.5, 0.6) is 0 Å². The fraction of sp³-hybridized carbons (Fsp3) is 0.0769. The molecule has 160 valence electrons. The lowest BCUT2D eigenvalue weighted by Gasteiger charge is -2.13. The average Bonchev–Trinajstić information content (AvgIpc) is 3.36. The van der Waals surface area contributed by atoms with Gasteiger partial charge in [-0.25, -0.2) is 37.8 Å². The lowest BCUT2D eigenvalue weighted by molar-refractivity contribution is 0.576. The molecule has 0 aromatic heterocycles. The number of hydrogen-bond acceptors (Lipinski definition) is 2. The Morgan fingerprint density at radius 1 is 0.676 bits per heavy atom. The Balaban J connectivity index is 2.17. The molecule has 0 bridgehead atoms. The molecule has 34 heavy (non-hydrogen) atoms. The summed E-state index contributed by atoms with van der Waals surface area (Å²) in [7, 11) is 0. The van der Waals surface area contributed by atoms with Crippen molar-refractivity contribution in [3.8, 4) is 34.4 Å². The van der Waals surface area contributed by atoms with E-state index in [9.17, 15) is 28.1 Å². The third-order valence-corrected chi connectivity index (χ3v) is 6.18. The maximum absolute atomic E-state index is 14.7. The van der Waals surface area contributed by atoms with Gasteiger partial charge < -0.3 is 0 Å². The van der Waals surface area contributed by atoms with Gasteiger partial charge in [-0.1, -0.05) is 0 Å². The standard InChI is InChI=1S/C26H8F4N4/c1-33-21(9-31)23-17-7-13-15(3-11(27)5-19(13)29)24(17)26(22(10-32)34-2)25-16-4-12(28)6-20(30)14(16)8-18(23)25/h3-6H,7-8H2. The Morgan fingerprint density at radius 3 is 1.47 bits per heavy atom. The van der Waals surface area contributed by atoms with Crippen molar-refractivity contribution in [2.24, 2.45) is 0 Å². The predicted octanol–water partition coefficient (Wildman–Crippen LogP) is 4.49. The highest BCUT2D eigenvalue weighted by atomic mass is 19.1. The normalized spacial score (nSPS) is 11.8. The summed E-state index contributed by atoms with van der Waals surface area (Å²) in [6, 6.07) is 7.08. The first kappa shape index (κ1) is 21.0. The van der Waals surface area contributed by atoms with Gasteiger partial charge in [-0.05, 0) is 50.7 Å². The maximum Gasteiger partial charge on any atom is 0.270 e. The van der Waals surface area contributed by atoms with Crippen molar-refractivity contribution in [1.82, 2.24) is 0 Å². The smallest absolute Gasteiger partial charge is 0.226 e. The monoisotopic (exact) mass is 452 g/mol. The van der Waals surface area contributed by atoms with Gasteiger partial charge in [-0.15, -0.1) is 0 Å². The Morgan fingerprint density at radius 2 is 1.09 bits per heavy atom. The number of nitrogens with zero attached hydrogens (tertiary/aromatic N) is 4. The molecule has 0 fully saturated rings. The molecular weight excluding hydrogens is 444 g/mol. The van der Waals surface area contributed by atoms with Crippen LogP contribution < -0.4 is 10.4 Å². The molecule has 0 N–H and O–H groups in total. The molecule has 0 heterocycles. The fourth-order valence-electron chi connectivity index (χ4n) is 4.97. The van der Waals surface area contributed by atoms with E-state index in [0.717, 1.165) is 12.1 Å². The molecule has 3 aromatic carbocycles. The van der Waals surface area contributed by atoms with Crippen molar-refractivity contribution in [2.75, 3.05) is 0 Å². The summed E-state index contributed by atoms with van der Waals surface area (Å²) in [5.74, 6) is -3.51. The van der Waals surface area contributed by atoms with Crippen LogP contribution in [-0.4, -0.2) is 0 Å². The van der Waals surface area contributed by atoms with Gasteiger partial charge in [-0.2, -0.15) is 0 Å². The Bertz CT molecular complexity index is 1670. The van der Waals surface area contributed by atoms with Crippen molar-refractivity contribution >= 4 is 11.4 Å². The van der Waals surface area contributed by atoms with Gasteiger partial charge >= 0.3 is 0 Å². The van der Waals surface area contributed by atoms with Gasteiger partial charge in [0.05, 0.1) is 25.3 Å². The largest absolute Gasteiger partial charge is 0.270 e. The summed E-state index contributed by atoms with van der Waals surface area (Å²) in [6.07, 6.45) is -0.256. The second-order valence-electron chi connectivity index (χ2n) is 7.78. The number of nitriles is 2. The van der Waals surface area contributed by atoms with Crippen molar-refractivity contribution < 1.29 is 17.6 Å². The van der Waals surface area contributed by atoms with Crippen LogP contribution in [0.1, 0.15) is 22.3 Å². The van der Waals surface area contributed by atoms with E-state index in [-0.39, 0.29) is 73.5 Å². The molecule has 0 saturated heterocycles. The van der Waals surface area contributed by atoms with Crippen LogP contribution in [0, 0.1) is 59.1 Å². The van der Waals surface area contributed by atoms with Crippen LogP contribution in [0.3, 0.4) is 0 Å². The lowest BCUT2D eigenvalue weighted by Crippen LogP contribution is -2.25. The second kappa shape index (κ2) is 7.31. The van der Waals surface area contributed by atoms with Crippen LogP contribution in [0.25, 0.3) is 43.3 Å². The van der Waals surface area contributed by atoms with E-state index in [4.69, 9.17) is 13.1 Å². The van der Waals surface area contributed by atoms with Gasteiger partial charge in [0.15, 0.2) is 0 Å². The zero-order valence-electron chi connectivity index (χ0n) is 17.0. The predicted molar refractivity (Wildman–Crippen MR) is 113 cm³/mol. The SMILES string of the molecule is [C-]#[N+]C(C#N)=c1c2c(c(=C(C#N)[N+]#[C-])c3c1Cc1c(F)cc(F)cc1-3)-c1cc(F)cc(F)c1C2. The fourth-order valence-corrected chi connectivity index (χ4v) is 4.97. The number of hydrogen-bond donors (Lipinski definition) is 0. The zero-order chi connectivity index (χ0) is 24.3. The quantitative estimate of drug-likeness (QED) is 0.257. The molecule has 0 unspecified atom stereocenters. The zero-order valence-corrected chi connectivity index (χ0v) is 17.0. The van der Waals surface area contributed by atoms with Crippen LogP contribution in [0.2, 0.25) is 0 Å². The van der Waals surface area contributed by atoms with Gasteiger partial charge in [-0.3, -0.25) is 0 Å². The van der Waals surface area contributed by atoms with Crippen LogP contribution in [-0.2, 0) is 12.8 Å². The van der Waals surface area contributed by atoms with E-state index < -0.39 is 29.0 Å². The highest BCUT2D eigenvalue weighted by Gasteiger charge is 2.34. The van der Waals surface area contributed by atoms with E-state index >= 15 is 0 Å². The molecule has 0 atom stereocenters. The summed E-state index contributed by atoms with van der Waals surface area (Å²) in [4.78, 5) is 6.57. The molecule has 0 saturated carbocycles. The maximum atomic E-state index is 14.7. The molecule has 3 aromatic rings. The van der Waals surface area contributed by atoms with Crippen LogP contribution in [0.15, 0.2) is 24.3 Å². The number of rotatable bonds is 0. The molecule has 0 amide bonds. The topological polar surface area (TPSA) is 56.3 Å². The molecule has 0 spiro atoms. The highest BCUT2D eigenvalue weighted by Crippen LogP contribution is 2.42. The molecule has 4 nitrogen and oxygen atoms in total. The summed E-state index contributed by atoms with van der Waals surface area (Å²) >= 11 is 0. The minimum absolute atomic E-state index is 0.0129. The van der Waals surface area contributed by atoms with Gasteiger partial charge in [0.1, 0.15) is 23.3 Å². The lowest BCUT2D eigenvalue weighted by atomic mass is 9.90. The molecule has 0 radical (unpaired) electrons. The summed E-state index contributed by atoms with van der Waals surface area (Å²) < 4.78 is 58.0. The van der Waals surface area contributed by atoms with Crippen molar-refractivity contribution in [1.29, 1.82) is 10.5 Å². The Kier molecular flexibility index (Phi) is 4.50. The number of fused-ring (bicyclic) bond motifs is 6. The van der Waals surface area contributed by atoms with Crippen molar-refractivity contribution in [3.63, 3.8) is 0 Å². The molecule has 0 aliphatic heterocycles. The van der Waals surface area contributed by atoms with Crippen molar-refractivity contribution in [3.05, 3.63) is 103 Å². The minimum atomic E-state index is -0.898. The molecule has 8 heteroatoms. The second-order valence-corrected chi connectivity index (χ2v) is 7.78. The van der Waals surface area contributed by atoms with Crippen molar-refractivity contribution in [2.45, 2.75) is 12.8 Å². The van der Waals surface area contributed by atoms with E-state index in [1.165, 1.54) is 0 Å². The van der Waals surface area contributed by atoms with E-state index in [0.29, 0.717) is 12.1 Å². The van der Waals surface area contributed by atoms with E-state index in [1.807, 2.05) is 0 Å². The Hall–Kier alpha value is -4.92.